The third kappa shape index (κ3) is 2.11. The third-order valence-corrected chi connectivity index (χ3v) is 2.40. The number of alkyl halides is 1. The Hall–Kier alpha value is -0.930. The summed E-state index contributed by atoms with van der Waals surface area (Å²) in [7, 11) is 1.79. The van der Waals surface area contributed by atoms with E-state index in [1.165, 1.54) is 0 Å². The highest BCUT2D eigenvalue weighted by atomic mass is 19.1. The minimum Gasteiger partial charge on any atom is -0.318 e. The first-order chi connectivity index (χ1) is 6.64. The van der Waals surface area contributed by atoms with Crippen molar-refractivity contribution in [2.75, 3.05) is 0 Å². The van der Waals surface area contributed by atoms with Crippen molar-refractivity contribution < 1.29 is 4.39 Å². The van der Waals surface area contributed by atoms with Crippen molar-refractivity contribution in [2.45, 2.75) is 45.2 Å². The Kier molecular flexibility index (Phi) is 3.61. The molecule has 0 bridgehead atoms. The summed E-state index contributed by atoms with van der Waals surface area (Å²) in [6.45, 7) is 3.97. The van der Waals surface area contributed by atoms with Crippen LogP contribution in [0.25, 0.3) is 0 Å². The Morgan fingerprint density at radius 3 is 2.29 bits per heavy atom. The smallest absolute Gasteiger partial charge is 0.170 e. The van der Waals surface area contributed by atoms with Gasteiger partial charge in [0.15, 0.2) is 11.5 Å². The predicted molar refractivity (Wildman–Crippen MR) is 53.6 cm³/mol. The van der Waals surface area contributed by atoms with E-state index in [4.69, 9.17) is 0 Å². The molecule has 0 aromatic carbocycles. The minimum atomic E-state index is -1.30. The fourth-order valence-corrected chi connectivity index (χ4v) is 1.83. The molecule has 4 heteroatoms. The second kappa shape index (κ2) is 4.53. The molecule has 1 aromatic rings. The zero-order chi connectivity index (χ0) is 10.6. The Balaban J connectivity index is 2.92. The summed E-state index contributed by atoms with van der Waals surface area (Å²) in [5, 5.41) is 7.59. The molecule has 3 nitrogen and oxygen atoms in total. The lowest BCUT2D eigenvalue weighted by atomic mass is 9.94. The molecule has 14 heavy (non-hydrogen) atoms. The molecule has 0 aliphatic carbocycles. The highest BCUT2D eigenvalue weighted by Crippen LogP contribution is 2.33. The van der Waals surface area contributed by atoms with Crippen molar-refractivity contribution in [3.05, 3.63) is 12.2 Å². The Morgan fingerprint density at radius 1 is 1.36 bits per heavy atom. The van der Waals surface area contributed by atoms with Crippen molar-refractivity contribution >= 4 is 0 Å². The largest absolute Gasteiger partial charge is 0.318 e. The molecule has 80 valence electrons. The van der Waals surface area contributed by atoms with Crippen LogP contribution in [-0.4, -0.2) is 14.8 Å². The second-order valence-corrected chi connectivity index (χ2v) is 3.73. The summed E-state index contributed by atoms with van der Waals surface area (Å²) in [4.78, 5) is 0. The van der Waals surface area contributed by atoms with E-state index in [0.29, 0.717) is 18.7 Å². The molecular formula is C10H18FN3. The van der Waals surface area contributed by atoms with E-state index in [9.17, 15) is 4.39 Å². The average molecular weight is 199 g/mol. The average Bonchev–Trinajstić information content (AvgIpc) is 2.52. The highest BCUT2D eigenvalue weighted by molar-refractivity contribution is 5.01. The van der Waals surface area contributed by atoms with Crippen molar-refractivity contribution in [1.82, 2.24) is 14.8 Å². The van der Waals surface area contributed by atoms with Crippen LogP contribution in [0.1, 0.15) is 45.4 Å². The molecular weight excluding hydrogens is 181 g/mol. The van der Waals surface area contributed by atoms with E-state index in [-0.39, 0.29) is 0 Å². The van der Waals surface area contributed by atoms with Crippen LogP contribution in [-0.2, 0) is 12.7 Å². The number of hydrogen-bond acceptors (Lipinski definition) is 2. The zero-order valence-electron chi connectivity index (χ0n) is 9.13. The summed E-state index contributed by atoms with van der Waals surface area (Å²) in [5.74, 6) is 0.459. The van der Waals surface area contributed by atoms with Crippen molar-refractivity contribution in [2.24, 2.45) is 7.05 Å². The lowest BCUT2D eigenvalue weighted by molar-refractivity contribution is 0.118. The van der Waals surface area contributed by atoms with Gasteiger partial charge in [-0.15, -0.1) is 10.2 Å². The maximum absolute atomic E-state index is 14.5. The molecule has 0 amide bonds. The molecule has 0 fully saturated rings. The van der Waals surface area contributed by atoms with Gasteiger partial charge in [-0.1, -0.05) is 26.7 Å². The molecule has 0 aliphatic rings. The lowest BCUT2D eigenvalue weighted by Crippen LogP contribution is -2.24. The quantitative estimate of drug-likeness (QED) is 0.729. The third-order valence-electron chi connectivity index (χ3n) is 2.40. The standard InChI is InChI=1S/C10H18FN3/c1-4-6-10(11,7-5-2)9-13-12-8-14(9)3/h8H,4-7H2,1-3H3. The number of halogens is 1. The Labute approximate surface area is 84.3 Å². The monoisotopic (exact) mass is 199 g/mol. The lowest BCUT2D eigenvalue weighted by Gasteiger charge is -2.22. The van der Waals surface area contributed by atoms with Crippen LogP contribution in [0.3, 0.4) is 0 Å². The zero-order valence-corrected chi connectivity index (χ0v) is 9.13. The summed E-state index contributed by atoms with van der Waals surface area (Å²) < 4.78 is 16.2. The summed E-state index contributed by atoms with van der Waals surface area (Å²) in [6.07, 6.45) is 4.24. The molecule has 0 saturated heterocycles. The number of aromatic nitrogens is 3. The molecule has 0 saturated carbocycles. The topological polar surface area (TPSA) is 30.7 Å². The van der Waals surface area contributed by atoms with E-state index < -0.39 is 5.67 Å². The molecule has 1 heterocycles. The van der Waals surface area contributed by atoms with E-state index in [0.717, 1.165) is 12.8 Å². The fourth-order valence-electron chi connectivity index (χ4n) is 1.83. The van der Waals surface area contributed by atoms with Crippen LogP contribution >= 0.6 is 0 Å². The van der Waals surface area contributed by atoms with Gasteiger partial charge in [0.2, 0.25) is 0 Å². The molecule has 0 radical (unpaired) electrons. The maximum atomic E-state index is 14.5. The van der Waals surface area contributed by atoms with Gasteiger partial charge in [0, 0.05) is 7.05 Å². The summed E-state index contributed by atoms with van der Waals surface area (Å²) in [5.41, 5.74) is -1.30. The Bertz CT molecular complexity index is 277. The van der Waals surface area contributed by atoms with Gasteiger partial charge in [0.05, 0.1) is 0 Å². The van der Waals surface area contributed by atoms with E-state index in [1.807, 2.05) is 13.8 Å². The van der Waals surface area contributed by atoms with E-state index in [2.05, 4.69) is 10.2 Å². The number of nitrogens with zero attached hydrogens (tertiary/aromatic N) is 3. The van der Waals surface area contributed by atoms with Gasteiger partial charge in [0.1, 0.15) is 6.33 Å². The molecule has 0 atom stereocenters. The van der Waals surface area contributed by atoms with Gasteiger partial charge >= 0.3 is 0 Å². The van der Waals surface area contributed by atoms with E-state index in [1.54, 1.807) is 17.9 Å². The summed E-state index contributed by atoms with van der Waals surface area (Å²) in [6, 6.07) is 0. The van der Waals surface area contributed by atoms with Crippen LogP contribution in [0.5, 0.6) is 0 Å². The first kappa shape index (κ1) is 11.1. The normalized spacial score (nSPS) is 12.0. The predicted octanol–water partition coefficient (Wildman–Crippen LogP) is 2.58. The van der Waals surface area contributed by atoms with Crippen LogP contribution < -0.4 is 0 Å². The van der Waals surface area contributed by atoms with Gasteiger partial charge in [-0.25, -0.2) is 4.39 Å². The van der Waals surface area contributed by atoms with Crippen LogP contribution in [0.2, 0.25) is 0 Å². The molecule has 0 unspecified atom stereocenters. The van der Waals surface area contributed by atoms with Crippen LogP contribution in [0.15, 0.2) is 6.33 Å². The molecule has 0 spiro atoms. The van der Waals surface area contributed by atoms with Gasteiger partial charge in [0.25, 0.3) is 0 Å². The van der Waals surface area contributed by atoms with Crippen LogP contribution in [0, 0.1) is 0 Å². The van der Waals surface area contributed by atoms with Crippen molar-refractivity contribution in [1.29, 1.82) is 0 Å². The van der Waals surface area contributed by atoms with E-state index >= 15 is 0 Å². The molecule has 0 N–H and O–H groups in total. The second-order valence-electron chi connectivity index (χ2n) is 3.73. The van der Waals surface area contributed by atoms with Crippen molar-refractivity contribution in [3.8, 4) is 0 Å². The first-order valence-corrected chi connectivity index (χ1v) is 5.17. The van der Waals surface area contributed by atoms with Crippen LogP contribution in [0.4, 0.5) is 4.39 Å². The number of hydrogen-bond donors (Lipinski definition) is 0. The van der Waals surface area contributed by atoms with Gasteiger partial charge < -0.3 is 4.57 Å². The molecule has 0 aliphatic heterocycles. The fraction of sp³-hybridized carbons (Fsp3) is 0.800. The number of rotatable bonds is 5. The highest BCUT2D eigenvalue weighted by Gasteiger charge is 2.34. The van der Waals surface area contributed by atoms with Gasteiger partial charge in [-0.2, -0.15) is 0 Å². The first-order valence-electron chi connectivity index (χ1n) is 5.17. The van der Waals surface area contributed by atoms with Gasteiger partial charge in [-0.05, 0) is 12.8 Å². The molecule has 1 aromatic heterocycles. The van der Waals surface area contributed by atoms with Crippen molar-refractivity contribution in [3.63, 3.8) is 0 Å². The SMILES string of the molecule is CCCC(F)(CCC)c1nncn1C. The minimum absolute atomic E-state index is 0.459. The maximum Gasteiger partial charge on any atom is 0.170 e. The van der Waals surface area contributed by atoms with Gasteiger partial charge in [-0.3, -0.25) is 0 Å². The molecule has 1 rings (SSSR count). The Morgan fingerprint density at radius 2 is 1.93 bits per heavy atom. The number of aryl methyl sites for hydroxylation is 1. The summed E-state index contributed by atoms with van der Waals surface area (Å²) >= 11 is 0.